The third-order valence-electron chi connectivity index (χ3n) is 2.79. The van der Waals surface area contributed by atoms with Crippen LogP contribution in [0.25, 0.3) is 0 Å². The predicted molar refractivity (Wildman–Crippen MR) is 77.8 cm³/mol. The van der Waals surface area contributed by atoms with Gasteiger partial charge in [0.15, 0.2) is 0 Å². The van der Waals surface area contributed by atoms with E-state index in [-0.39, 0.29) is 0 Å². The van der Waals surface area contributed by atoms with Crippen LogP contribution in [0.5, 0.6) is 0 Å². The molecule has 3 N–H and O–H groups in total. The van der Waals surface area contributed by atoms with E-state index in [0.29, 0.717) is 0 Å². The molecule has 2 aromatic carbocycles. The van der Waals surface area contributed by atoms with Crippen molar-refractivity contribution in [3.8, 4) is 0 Å². The molecular formula is C14H15BrN2. The fourth-order valence-corrected chi connectivity index (χ4v) is 1.90. The van der Waals surface area contributed by atoms with Gasteiger partial charge in [-0.3, -0.25) is 0 Å². The Morgan fingerprint density at radius 2 is 1.59 bits per heavy atom. The van der Waals surface area contributed by atoms with E-state index in [4.69, 9.17) is 5.73 Å². The van der Waals surface area contributed by atoms with Crippen molar-refractivity contribution in [3.05, 3.63) is 52.0 Å². The van der Waals surface area contributed by atoms with Crippen molar-refractivity contribution < 1.29 is 0 Å². The molecule has 88 valence electrons. The standard InChI is InChI=1S/C14H15BrN2/c1-9-7-13(16)14(8-10(9)2)17-12-5-3-11(15)4-6-12/h3-8,17H,16H2,1-2H3. The van der Waals surface area contributed by atoms with Gasteiger partial charge in [-0.05, 0) is 61.4 Å². The Labute approximate surface area is 110 Å². The summed E-state index contributed by atoms with van der Waals surface area (Å²) in [4.78, 5) is 0. The summed E-state index contributed by atoms with van der Waals surface area (Å²) in [6.45, 7) is 4.15. The minimum Gasteiger partial charge on any atom is -0.397 e. The van der Waals surface area contributed by atoms with Gasteiger partial charge in [0, 0.05) is 10.2 Å². The fraction of sp³-hybridized carbons (Fsp3) is 0.143. The predicted octanol–water partition coefficient (Wildman–Crippen LogP) is 4.39. The Kier molecular flexibility index (Phi) is 3.38. The Morgan fingerprint density at radius 1 is 1.00 bits per heavy atom. The van der Waals surface area contributed by atoms with E-state index in [9.17, 15) is 0 Å². The first-order valence-corrected chi connectivity index (χ1v) is 6.25. The van der Waals surface area contributed by atoms with Gasteiger partial charge < -0.3 is 11.1 Å². The van der Waals surface area contributed by atoms with Crippen LogP contribution in [0, 0.1) is 13.8 Å². The third kappa shape index (κ3) is 2.80. The van der Waals surface area contributed by atoms with Crippen molar-refractivity contribution >= 4 is 33.0 Å². The Balaban J connectivity index is 2.30. The normalized spacial score (nSPS) is 10.3. The summed E-state index contributed by atoms with van der Waals surface area (Å²) in [5.41, 5.74) is 11.2. The van der Waals surface area contributed by atoms with Crippen LogP contribution in [-0.4, -0.2) is 0 Å². The second-order valence-corrected chi connectivity index (χ2v) is 5.07. The van der Waals surface area contributed by atoms with E-state index in [0.717, 1.165) is 21.5 Å². The van der Waals surface area contributed by atoms with E-state index >= 15 is 0 Å². The van der Waals surface area contributed by atoms with Gasteiger partial charge in [0.05, 0.1) is 11.4 Å². The van der Waals surface area contributed by atoms with E-state index in [2.05, 4.69) is 41.2 Å². The molecule has 0 spiro atoms. The average molecular weight is 291 g/mol. The zero-order chi connectivity index (χ0) is 12.4. The van der Waals surface area contributed by atoms with Crippen LogP contribution in [0.15, 0.2) is 40.9 Å². The Hall–Kier alpha value is -1.48. The zero-order valence-electron chi connectivity index (χ0n) is 9.92. The highest BCUT2D eigenvalue weighted by molar-refractivity contribution is 9.10. The van der Waals surface area contributed by atoms with Gasteiger partial charge in [-0.2, -0.15) is 0 Å². The summed E-state index contributed by atoms with van der Waals surface area (Å²) in [7, 11) is 0. The number of nitrogens with two attached hydrogens (primary N) is 1. The molecule has 2 nitrogen and oxygen atoms in total. The van der Waals surface area contributed by atoms with Crippen LogP contribution in [0.1, 0.15) is 11.1 Å². The van der Waals surface area contributed by atoms with Crippen molar-refractivity contribution in [3.63, 3.8) is 0 Å². The van der Waals surface area contributed by atoms with Crippen molar-refractivity contribution in [1.82, 2.24) is 0 Å². The second-order valence-electron chi connectivity index (χ2n) is 4.16. The summed E-state index contributed by atoms with van der Waals surface area (Å²) in [5.74, 6) is 0. The fourth-order valence-electron chi connectivity index (χ4n) is 1.64. The van der Waals surface area contributed by atoms with E-state index in [1.807, 2.05) is 30.3 Å². The summed E-state index contributed by atoms with van der Waals surface area (Å²) in [6, 6.07) is 12.1. The number of hydrogen-bond acceptors (Lipinski definition) is 2. The topological polar surface area (TPSA) is 38.0 Å². The van der Waals surface area contributed by atoms with Crippen LogP contribution in [-0.2, 0) is 0 Å². The number of aryl methyl sites for hydroxylation is 2. The van der Waals surface area contributed by atoms with Crippen LogP contribution < -0.4 is 11.1 Å². The van der Waals surface area contributed by atoms with E-state index < -0.39 is 0 Å². The van der Waals surface area contributed by atoms with Crippen LogP contribution >= 0.6 is 15.9 Å². The highest BCUT2D eigenvalue weighted by Crippen LogP contribution is 2.27. The first kappa shape index (κ1) is 12.0. The lowest BCUT2D eigenvalue weighted by Crippen LogP contribution is -1.98. The highest BCUT2D eigenvalue weighted by Gasteiger charge is 2.02. The molecule has 0 aliphatic rings. The first-order valence-electron chi connectivity index (χ1n) is 5.45. The van der Waals surface area contributed by atoms with Crippen molar-refractivity contribution in [1.29, 1.82) is 0 Å². The lowest BCUT2D eigenvalue weighted by molar-refractivity contribution is 1.34. The summed E-state index contributed by atoms with van der Waals surface area (Å²) >= 11 is 3.41. The third-order valence-corrected chi connectivity index (χ3v) is 3.32. The van der Waals surface area contributed by atoms with Gasteiger partial charge in [0.2, 0.25) is 0 Å². The maximum absolute atomic E-state index is 6.00. The minimum atomic E-state index is 0.774. The monoisotopic (exact) mass is 290 g/mol. The molecule has 0 unspecified atom stereocenters. The van der Waals surface area contributed by atoms with Gasteiger partial charge in [0.1, 0.15) is 0 Å². The molecule has 0 fully saturated rings. The molecule has 0 amide bonds. The molecule has 3 heteroatoms. The molecule has 2 rings (SSSR count). The molecule has 0 aliphatic heterocycles. The van der Waals surface area contributed by atoms with Crippen LogP contribution in [0.2, 0.25) is 0 Å². The van der Waals surface area contributed by atoms with Gasteiger partial charge >= 0.3 is 0 Å². The molecule has 0 bridgehead atoms. The Morgan fingerprint density at radius 3 is 2.24 bits per heavy atom. The van der Waals surface area contributed by atoms with Crippen molar-refractivity contribution in [2.45, 2.75) is 13.8 Å². The molecule has 0 saturated heterocycles. The number of benzene rings is 2. The number of nitrogen functional groups attached to an aromatic ring is 1. The molecule has 0 aromatic heterocycles. The molecule has 0 saturated carbocycles. The van der Waals surface area contributed by atoms with Crippen molar-refractivity contribution in [2.75, 3.05) is 11.1 Å². The number of rotatable bonds is 2. The second kappa shape index (κ2) is 4.80. The molecule has 2 aromatic rings. The summed E-state index contributed by atoms with van der Waals surface area (Å²) < 4.78 is 1.07. The van der Waals surface area contributed by atoms with Gasteiger partial charge in [-0.1, -0.05) is 15.9 Å². The SMILES string of the molecule is Cc1cc(N)c(Nc2ccc(Br)cc2)cc1C. The lowest BCUT2D eigenvalue weighted by atomic mass is 10.1. The van der Waals surface area contributed by atoms with E-state index in [1.165, 1.54) is 11.1 Å². The molecule has 0 aliphatic carbocycles. The number of nitrogens with one attached hydrogen (secondary N) is 1. The molecular weight excluding hydrogens is 276 g/mol. The quantitative estimate of drug-likeness (QED) is 0.805. The van der Waals surface area contributed by atoms with Gasteiger partial charge in [-0.25, -0.2) is 0 Å². The van der Waals surface area contributed by atoms with E-state index in [1.54, 1.807) is 0 Å². The zero-order valence-corrected chi connectivity index (χ0v) is 11.5. The number of hydrogen-bond donors (Lipinski definition) is 2. The summed E-state index contributed by atoms with van der Waals surface area (Å²) in [6.07, 6.45) is 0. The number of anilines is 3. The molecule has 0 radical (unpaired) electrons. The van der Waals surface area contributed by atoms with Crippen molar-refractivity contribution in [2.24, 2.45) is 0 Å². The average Bonchev–Trinajstić information content (AvgIpc) is 2.29. The maximum Gasteiger partial charge on any atom is 0.0620 e. The van der Waals surface area contributed by atoms with Crippen LogP contribution in [0.3, 0.4) is 0 Å². The molecule has 0 heterocycles. The molecule has 0 atom stereocenters. The van der Waals surface area contributed by atoms with Crippen LogP contribution in [0.4, 0.5) is 17.1 Å². The highest BCUT2D eigenvalue weighted by atomic mass is 79.9. The molecule has 17 heavy (non-hydrogen) atoms. The van der Waals surface area contributed by atoms with Gasteiger partial charge in [0.25, 0.3) is 0 Å². The summed E-state index contributed by atoms with van der Waals surface area (Å²) in [5, 5.41) is 3.32. The number of halogens is 1. The van der Waals surface area contributed by atoms with Gasteiger partial charge in [-0.15, -0.1) is 0 Å². The lowest BCUT2D eigenvalue weighted by Gasteiger charge is -2.12. The first-order chi connectivity index (χ1) is 8.06. The Bertz CT molecular complexity index is 533. The smallest absolute Gasteiger partial charge is 0.0620 e. The minimum absolute atomic E-state index is 0.774. The largest absolute Gasteiger partial charge is 0.397 e. The maximum atomic E-state index is 6.00.